The third-order valence-corrected chi connectivity index (χ3v) is 2.87. The normalized spacial score (nSPS) is 12.0. The van der Waals surface area contributed by atoms with Gasteiger partial charge in [-0.2, -0.15) is 0 Å². The van der Waals surface area contributed by atoms with Gasteiger partial charge in [0.25, 0.3) is 0 Å². The van der Waals surface area contributed by atoms with Crippen LogP contribution in [-0.4, -0.2) is 35.5 Å². The molecule has 0 bridgehead atoms. The summed E-state index contributed by atoms with van der Waals surface area (Å²) in [6, 6.07) is -0.880. The molecule has 20 heavy (non-hydrogen) atoms. The van der Waals surface area contributed by atoms with Crippen LogP contribution in [0.2, 0.25) is 0 Å². The lowest BCUT2D eigenvalue weighted by molar-refractivity contribution is -0.142. The van der Waals surface area contributed by atoms with Crippen molar-refractivity contribution in [2.24, 2.45) is 5.92 Å². The van der Waals surface area contributed by atoms with E-state index in [4.69, 9.17) is 5.11 Å². The second kappa shape index (κ2) is 10.2. The Labute approximate surface area is 120 Å². The fourth-order valence-electron chi connectivity index (χ4n) is 1.60. The zero-order valence-corrected chi connectivity index (χ0v) is 12.6. The van der Waals surface area contributed by atoms with Gasteiger partial charge in [0, 0.05) is 6.42 Å². The van der Waals surface area contributed by atoms with E-state index in [1.807, 2.05) is 20.8 Å². The maximum absolute atomic E-state index is 11.6. The van der Waals surface area contributed by atoms with Crippen molar-refractivity contribution < 1.29 is 19.5 Å². The van der Waals surface area contributed by atoms with E-state index in [1.54, 1.807) is 0 Å². The molecule has 0 aliphatic heterocycles. The van der Waals surface area contributed by atoms with E-state index in [9.17, 15) is 14.4 Å². The zero-order chi connectivity index (χ0) is 15.5. The molecule has 2 amide bonds. The van der Waals surface area contributed by atoms with E-state index in [1.165, 1.54) is 0 Å². The number of aliphatic carboxylic acids is 1. The summed E-state index contributed by atoms with van der Waals surface area (Å²) in [6.07, 6.45) is 3.15. The minimum absolute atomic E-state index is 0.174. The van der Waals surface area contributed by atoms with E-state index in [0.717, 1.165) is 19.3 Å². The number of hydrogen-bond acceptors (Lipinski definition) is 3. The molecule has 0 spiro atoms. The first-order valence-electron chi connectivity index (χ1n) is 7.15. The monoisotopic (exact) mass is 286 g/mol. The molecule has 0 unspecified atom stereocenters. The summed E-state index contributed by atoms with van der Waals surface area (Å²) in [4.78, 5) is 34.0. The lowest BCUT2D eigenvalue weighted by atomic mass is 10.1. The number of carbonyl (C=O) groups excluding carboxylic acids is 2. The Morgan fingerprint density at radius 1 is 1.10 bits per heavy atom. The van der Waals surface area contributed by atoms with Gasteiger partial charge in [-0.05, 0) is 18.8 Å². The van der Waals surface area contributed by atoms with Crippen molar-refractivity contribution in [3.8, 4) is 0 Å². The first kappa shape index (κ1) is 18.4. The highest BCUT2D eigenvalue weighted by atomic mass is 16.4. The van der Waals surface area contributed by atoms with Gasteiger partial charge in [-0.15, -0.1) is 0 Å². The molecule has 0 radical (unpaired) electrons. The van der Waals surface area contributed by atoms with Gasteiger partial charge in [0.1, 0.15) is 6.04 Å². The van der Waals surface area contributed by atoms with Crippen LogP contribution in [0.1, 0.15) is 52.9 Å². The summed E-state index contributed by atoms with van der Waals surface area (Å²) < 4.78 is 0. The van der Waals surface area contributed by atoms with Crippen molar-refractivity contribution >= 4 is 17.8 Å². The van der Waals surface area contributed by atoms with Crippen LogP contribution < -0.4 is 10.6 Å². The Morgan fingerprint density at radius 2 is 1.75 bits per heavy atom. The van der Waals surface area contributed by atoms with Crippen LogP contribution in [0.15, 0.2) is 0 Å². The zero-order valence-electron chi connectivity index (χ0n) is 12.6. The standard InChI is InChI=1S/C14H26N2O4/c1-4-5-6-11(14(19)20)16-13(18)9-15-12(17)8-7-10(2)3/h10-11H,4-9H2,1-3H3,(H,15,17)(H,16,18)(H,19,20)/t11-/m0/s1. The largest absolute Gasteiger partial charge is 0.480 e. The fraction of sp³-hybridized carbons (Fsp3) is 0.786. The van der Waals surface area contributed by atoms with Crippen molar-refractivity contribution in [2.45, 2.75) is 58.9 Å². The molecule has 0 saturated heterocycles. The predicted molar refractivity (Wildman–Crippen MR) is 76.2 cm³/mol. The van der Waals surface area contributed by atoms with Crippen molar-refractivity contribution in [2.75, 3.05) is 6.54 Å². The summed E-state index contributed by atoms with van der Waals surface area (Å²) >= 11 is 0. The van der Waals surface area contributed by atoms with Crippen LogP contribution in [0.5, 0.6) is 0 Å². The molecule has 0 rings (SSSR count). The van der Waals surface area contributed by atoms with Crippen molar-refractivity contribution in [1.29, 1.82) is 0 Å². The molecule has 0 aromatic heterocycles. The van der Waals surface area contributed by atoms with Gasteiger partial charge in [0.05, 0.1) is 6.54 Å². The first-order valence-corrected chi connectivity index (χ1v) is 7.15. The first-order chi connectivity index (χ1) is 9.36. The van der Waals surface area contributed by atoms with Crippen LogP contribution in [0.4, 0.5) is 0 Å². The molecule has 0 aliphatic rings. The summed E-state index contributed by atoms with van der Waals surface area (Å²) in [7, 11) is 0. The van der Waals surface area contributed by atoms with Gasteiger partial charge in [0.15, 0.2) is 0 Å². The topological polar surface area (TPSA) is 95.5 Å². The van der Waals surface area contributed by atoms with E-state index >= 15 is 0 Å². The highest BCUT2D eigenvalue weighted by molar-refractivity contribution is 5.87. The highest BCUT2D eigenvalue weighted by Crippen LogP contribution is 2.03. The molecule has 0 aromatic carbocycles. The third kappa shape index (κ3) is 9.35. The van der Waals surface area contributed by atoms with Gasteiger partial charge in [-0.25, -0.2) is 4.79 Å². The number of carboxylic acid groups (broad SMARTS) is 1. The van der Waals surface area contributed by atoms with E-state index in [-0.39, 0.29) is 12.5 Å². The van der Waals surface area contributed by atoms with Gasteiger partial charge in [-0.1, -0.05) is 33.6 Å². The van der Waals surface area contributed by atoms with Crippen LogP contribution in [0.3, 0.4) is 0 Å². The molecule has 0 saturated carbocycles. The molecule has 0 aromatic rings. The molecule has 116 valence electrons. The minimum atomic E-state index is -1.04. The number of amides is 2. The summed E-state index contributed by atoms with van der Waals surface area (Å²) in [6.45, 7) is 5.82. The summed E-state index contributed by atoms with van der Waals surface area (Å²) in [5, 5.41) is 13.9. The third-order valence-electron chi connectivity index (χ3n) is 2.87. The van der Waals surface area contributed by atoms with Crippen LogP contribution in [-0.2, 0) is 14.4 Å². The predicted octanol–water partition coefficient (Wildman–Crippen LogP) is 1.30. The summed E-state index contributed by atoms with van der Waals surface area (Å²) in [5.74, 6) is -1.27. The highest BCUT2D eigenvalue weighted by Gasteiger charge is 2.19. The minimum Gasteiger partial charge on any atom is -0.480 e. The maximum Gasteiger partial charge on any atom is 0.326 e. The van der Waals surface area contributed by atoms with E-state index in [0.29, 0.717) is 18.8 Å². The smallest absolute Gasteiger partial charge is 0.326 e. The molecule has 1 atom stereocenters. The number of nitrogens with one attached hydrogen (secondary N) is 2. The van der Waals surface area contributed by atoms with Crippen LogP contribution in [0.25, 0.3) is 0 Å². The van der Waals surface area contributed by atoms with E-state index < -0.39 is 17.9 Å². The maximum atomic E-state index is 11.6. The molecule has 6 nitrogen and oxygen atoms in total. The van der Waals surface area contributed by atoms with Gasteiger partial charge >= 0.3 is 5.97 Å². The lowest BCUT2D eigenvalue weighted by Gasteiger charge is -2.14. The van der Waals surface area contributed by atoms with Crippen molar-refractivity contribution in [3.05, 3.63) is 0 Å². The van der Waals surface area contributed by atoms with Gasteiger partial charge in [-0.3, -0.25) is 9.59 Å². The molecule has 0 fully saturated rings. The number of carboxylic acids is 1. The number of unbranched alkanes of at least 4 members (excludes halogenated alkanes) is 1. The molecule has 6 heteroatoms. The molecule has 3 N–H and O–H groups in total. The van der Waals surface area contributed by atoms with E-state index in [2.05, 4.69) is 10.6 Å². The Kier molecular flexibility index (Phi) is 9.41. The molecule has 0 aliphatic carbocycles. The molecular formula is C14H26N2O4. The fourth-order valence-corrected chi connectivity index (χ4v) is 1.60. The van der Waals surface area contributed by atoms with Crippen LogP contribution in [0, 0.1) is 5.92 Å². The average molecular weight is 286 g/mol. The van der Waals surface area contributed by atoms with Crippen molar-refractivity contribution in [3.63, 3.8) is 0 Å². The number of rotatable bonds is 10. The quantitative estimate of drug-likeness (QED) is 0.564. The second-order valence-electron chi connectivity index (χ2n) is 5.31. The average Bonchev–Trinajstić information content (AvgIpc) is 2.38. The molecule has 0 heterocycles. The Morgan fingerprint density at radius 3 is 2.25 bits per heavy atom. The Balaban J connectivity index is 4.01. The second-order valence-corrected chi connectivity index (χ2v) is 5.31. The molecular weight excluding hydrogens is 260 g/mol. The van der Waals surface area contributed by atoms with Crippen LogP contribution >= 0.6 is 0 Å². The number of carbonyl (C=O) groups is 3. The Bertz CT molecular complexity index is 329. The Hall–Kier alpha value is -1.59. The van der Waals surface area contributed by atoms with Gasteiger partial charge in [0.2, 0.25) is 11.8 Å². The van der Waals surface area contributed by atoms with Crippen molar-refractivity contribution in [1.82, 2.24) is 10.6 Å². The lowest BCUT2D eigenvalue weighted by Crippen LogP contribution is -2.45. The number of hydrogen-bond donors (Lipinski definition) is 3. The summed E-state index contributed by atoms with van der Waals surface area (Å²) in [5.41, 5.74) is 0. The van der Waals surface area contributed by atoms with Gasteiger partial charge < -0.3 is 15.7 Å². The SMILES string of the molecule is CCCC[C@H](NC(=O)CNC(=O)CCC(C)C)C(=O)O.